The molecule has 3 rings (SSSR count). The van der Waals surface area contributed by atoms with Gasteiger partial charge >= 0.3 is 5.63 Å². The maximum absolute atomic E-state index is 11.8. The summed E-state index contributed by atoms with van der Waals surface area (Å²) < 4.78 is 11.2. The van der Waals surface area contributed by atoms with Crippen LogP contribution in [0.5, 0.6) is 5.75 Å². The Morgan fingerprint density at radius 3 is 2.45 bits per heavy atom. The Labute approximate surface area is 129 Å². The van der Waals surface area contributed by atoms with Crippen LogP contribution in [0.3, 0.4) is 0 Å². The van der Waals surface area contributed by atoms with Gasteiger partial charge in [0.25, 0.3) is 0 Å². The first-order valence-electron chi connectivity index (χ1n) is 7.27. The monoisotopic (exact) mass is 294 g/mol. The first-order valence-corrected chi connectivity index (χ1v) is 7.27. The first kappa shape index (κ1) is 14.4. The molecule has 0 amide bonds. The van der Waals surface area contributed by atoms with E-state index in [9.17, 15) is 4.79 Å². The van der Waals surface area contributed by atoms with Gasteiger partial charge in [0.05, 0.1) is 0 Å². The van der Waals surface area contributed by atoms with Gasteiger partial charge in [-0.25, -0.2) is 4.79 Å². The summed E-state index contributed by atoms with van der Waals surface area (Å²) in [5, 5.41) is 0.926. The van der Waals surface area contributed by atoms with Crippen molar-refractivity contribution in [1.29, 1.82) is 0 Å². The molecule has 0 saturated heterocycles. The van der Waals surface area contributed by atoms with Crippen LogP contribution in [0.25, 0.3) is 11.0 Å². The molecular formula is C19H18O3. The quantitative estimate of drug-likeness (QED) is 0.676. The van der Waals surface area contributed by atoms with E-state index < -0.39 is 0 Å². The van der Waals surface area contributed by atoms with E-state index in [0.29, 0.717) is 12.2 Å². The molecule has 3 heteroatoms. The van der Waals surface area contributed by atoms with Crippen molar-refractivity contribution in [3.63, 3.8) is 0 Å². The average molecular weight is 294 g/mol. The lowest BCUT2D eigenvalue weighted by Gasteiger charge is -2.10. The summed E-state index contributed by atoms with van der Waals surface area (Å²) in [5.41, 5.74) is 4.43. The third-order valence-electron chi connectivity index (χ3n) is 3.93. The summed E-state index contributed by atoms with van der Waals surface area (Å²) in [4.78, 5) is 11.8. The highest BCUT2D eigenvalue weighted by Gasteiger charge is 2.10. The Hall–Kier alpha value is -2.55. The molecule has 1 heterocycles. The van der Waals surface area contributed by atoms with Gasteiger partial charge < -0.3 is 9.15 Å². The summed E-state index contributed by atoms with van der Waals surface area (Å²) in [6, 6.07) is 13.4. The zero-order chi connectivity index (χ0) is 15.7. The van der Waals surface area contributed by atoms with Gasteiger partial charge in [-0.15, -0.1) is 0 Å². The Kier molecular flexibility index (Phi) is 3.72. The van der Waals surface area contributed by atoms with Crippen LogP contribution in [0.4, 0.5) is 0 Å². The molecular weight excluding hydrogens is 276 g/mol. The number of benzene rings is 2. The minimum Gasteiger partial charge on any atom is -0.489 e. The average Bonchev–Trinajstić information content (AvgIpc) is 2.50. The lowest BCUT2D eigenvalue weighted by atomic mass is 10.0. The number of rotatable bonds is 3. The van der Waals surface area contributed by atoms with Crippen LogP contribution >= 0.6 is 0 Å². The maximum Gasteiger partial charge on any atom is 0.336 e. The molecule has 0 N–H and O–H groups in total. The summed E-state index contributed by atoms with van der Waals surface area (Å²) in [6.07, 6.45) is 0. The van der Waals surface area contributed by atoms with E-state index in [-0.39, 0.29) is 5.63 Å². The molecule has 0 unspecified atom stereocenters. The van der Waals surface area contributed by atoms with E-state index in [1.807, 2.05) is 57.2 Å². The van der Waals surface area contributed by atoms with Crippen LogP contribution in [-0.2, 0) is 6.61 Å². The molecule has 0 bridgehead atoms. The molecule has 3 nitrogen and oxygen atoms in total. The molecule has 112 valence electrons. The van der Waals surface area contributed by atoms with Crippen LogP contribution < -0.4 is 10.4 Å². The molecule has 0 aliphatic rings. The molecule has 0 aliphatic heterocycles. The van der Waals surface area contributed by atoms with E-state index in [0.717, 1.165) is 27.8 Å². The fraction of sp³-hybridized carbons (Fsp3) is 0.211. The minimum atomic E-state index is -0.344. The lowest BCUT2D eigenvalue weighted by molar-refractivity contribution is 0.306. The zero-order valence-corrected chi connectivity index (χ0v) is 13.0. The number of hydrogen-bond donors (Lipinski definition) is 0. The Morgan fingerprint density at radius 1 is 1.00 bits per heavy atom. The van der Waals surface area contributed by atoms with Crippen molar-refractivity contribution in [2.45, 2.75) is 27.4 Å². The zero-order valence-electron chi connectivity index (χ0n) is 13.0. The second kappa shape index (κ2) is 5.68. The fourth-order valence-corrected chi connectivity index (χ4v) is 2.44. The largest absolute Gasteiger partial charge is 0.489 e. The predicted octanol–water partition coefficient (Wildman–Crippen LogP) is 4.30. The van der Waals surface area contributed by atoms with Crippen molar-refractivity contribution in [2.75, 3.05) is 0 Å². The van der Waals surface area contributed by atoms with Crippen LogP contribution in [0, 0.1) is 20.8 Å². The van der Waals surface area contributed by atoms with Crippen molar-refractivity contribution in [1.82, 2.24) is 0 Å². The summed E-state index contributed by atoms with van der Waals surface area (Å²) in [7, 11) is 0. The van der Waals surface area contributed by atoms with Crippen LogP contribution in [0.1, 0.15) is 22.3 Å². The molecule has 2 aromatic carbocycles. The number of fused-ring (bicyclic) bond motifs is 1. The van der Waals surface area contributed by atoms with Gasteiger partial charge in [0.2, 0.25) is 0 Å². The van der Waals surface area contributed by atoms with E-state index in [1.165, 1.54) is 11.6 Å². The van der Waals surface area contributed by atoms with Gasteiger partial charge in [0.1, 0.15) is 17.9 Å². The normalized spacial score (nSPS) is 10.9. The van der Waals surface area contributed by atoms with Gasteiger partial charge in [-0.05, 0) is 44.0 Å². The number of ether oxygens (including phenoxy) is 1. The molecule has 22 heavy (non-hydrogen) atoms. The van der Waals surface area contributed by atoms with Gasteiger partial charge in [-0.1, -0.05) is 29.8 Å². The highest BCUT2D eigenvalue weighted by molar-refractivity contribution is 5.83. The fourth-order valence-electron chi connectivity index (χ4n) is 2.44. The van der Waals surface area contributed by atoms with Crippen LogP contribution in [-0.4, -0.2) is 0 Å². The molecule has 0 saturated carbocycles. The van der Waals surface area contributed by atoms with Crippen LogP contribution in [0.15, 0.2) is 51.7 Å². The SMILES string of the molecule is Cc1ccc(OCc2cc(=O)oc3c(C)c(C)ccc23)cc1. The minimum absolute atomic E-state index is 0.341. The molecule has 0 radical (unpaired) electrons. The second-order valence-electron chi connectivity index (χ2n) is 5.58. The van der Waals surface area contributed by atoms with Crippen LogP contribution in [0.2, 0.25) is 0 Å². The molecule has 0 aliphatic carbocycles. The third kappa shape index (κ3) is 2.75. The van der Waals surface area contributed by atoms with Crippen molar-refractivity contribution >= 4 is 11.0 Å². The summed E-state index contributed by atoms with van der Waals surface area (Å²) in [5.74, 6) is 0.788. The molecule has 3 aromatic rings. The van der Waals surface area contributed by atoms with Gasteiger partial charge in [-0.2, -0.15) is 0 Å². The number of aryl methyl sites for hydroxylation is 3. The standard InChI is InChI=1S/C19H18O3/c1-12-4-7-16(8-5-12)21-11-15-10-18(20)22-19-14(3)13(2)6-9-17(15)19/h4-10H,11H2,1-3H3. The Balaban J connectivity index is 1.98. The highest BCUT2D eigenvalue weighted by Crippen LogP contribution is 2.24. The highest BCUT2D eigenvalue weighted by atomic mass is 16.5. The Bertz CT molecular complexity index is 874. The molecule has 1 aromatic heterocycles. The molecule has 0 fully saturated rings. The summed E-state index contributed by atoms with van der Waals surface area (Å²) in [6.45, 7) is 6.34. The number of hydrogen-bond acceptors (Lipinski definition) is 3. The first-order chi connectivity index (χ1) is 10.5. The van der Waals surface area contributed by atoms with E-state index in [1.54, 1.807) is 0 Å². The lowest BCUT2D eigenvalue weighted by Crippen LogP contribution is -2.05. The van der Waals surface area contributed by atoms with Crippen molar-refractivity contribution in [3.05, 3.63) is 75.1 Å². The van der Waals surface area contributed by atoms with Gasteiger partial charge in [0, 0.05) is 17.0 Å². The van der Waals surface area contributed by atoms with Gasteiger partial charge in [-0.3, -0.25) is 0 Å². The Morgan fingerprint density at radius 2 is 1.73 bits per heavy atom. The maximum atomic E-state index is 11.8. The van der Waals surface area contributed by atoms with Crippen molar-refractivity contribution in [3.8, 4) is 5.75 Å². The molecule has 0 atom stereocenters. The predicted molar refractivity (Wildman–Crippen MR) is 87.5 cm³/mol. The van der Waals surface area contributed by atoms with E-state index in [4.69, 9.17) is 9.15 Å². The van der Waals surface area contributed by atoms with Crippen molar-refractivity contribution in [2.24, 2.45) is 0 Å². The van der Waals surface area contributed by atoms with E-state index in [2.05, 4.69) is 0 Å². The van der Waals surface area contributed by atoms with E-state index >= 15 is 0 Å². The second-order valence-corrected chi connectivity index (χ2v) is 5.58. The topological polar surface area (TPSA) is 39.4 Å². The van der Waals surface area contributed by atoms with Gasteiger partial charge in [0.15, 0.2) is 0 Å². The summed E-state index contributed by atoms with van der Waals surface area (Å²) >= 11 is 0. The smallest absolute Gasteiger partial charge is 0.336 e. The molecule has 0 spiro atoms. The van der Waals surface area contributed by atoms with Crippen molar-refractivity contribution < 1.29 is 9.15 Å². The third-order valence-corrected chi connectivity index (χ3v) is 3.93.